The van der Waals surface area contributed by atoms with E-state index >= 15 is 0 Å². The van der Waals surface area contributed by atoms with Crippen molar-refractivity contribution in [3.05, 3.63) is 88.0 Å². The highest BCUT2D eigenvalue weighted by Gasteiger charge is 2.11. The van der Waals surface area contributed by atoms with Crippen LogP contribution in [0.3, 0.4) is 0 Å². The summed E-state index contributed by atoms with van der Waals surface area (Å²) in [5, 5.41) is 11.9. The van der Waals surface area contributed by atoms with Crippen molar-refractivity contribution in [3.8, 4) is 17.3 Å². The molecule has 0 bridgehead atoms. The molecule has 3 rings (SSSR count). The molecule has 0 spiro atoms. The number of aromatic nitrogens is 2. The number of rotatable bonds is 7. The summed E-state index contributed by atoms with van der Waals surface area (Å²) < 4.78 is 1.60. The van der Waals surface area contributed by atoms with Crippen molar-refractivity contribution in [2.45, 2.75) is 19.4 Å². The summed E-state index contributed by atoms with van der Waals surface area (Å²) in [5.41, 5.74) is 2.70. The number of hydrogen-bond donors (Lipinski definition) is 1. The normalized spacial score (nSPS) is 10.1. The largest absolute Gasteiger partial charge is 0.356 e. The summed E-state index contributed by atoms with van der Waals surface area (Å²) in [6.45, 7) is 8.01. The van der Waals surface area contributed by atoms with E-state index < -0.39 is 0 Å². The first kappa shape index (κ1) is 18.9. The number of nitrogens with zero attached hydrogens (tertiary/aromatic N) is 4. The predicted octanol–water partition coefficient (Wildman–Crippen LogP) is 4.23. The van der Waals surface area contributed by atoms with Gasteiger partial charge < -0.3 is 5.32 Å². The van der Waals surface area contributed by atoms with Gasteiger partial charge in [-0.1, -0.05) is 54.6 Å². The summed E-state index contributed by atoms with van der Waals surface area (Å²) >= 11 is 0. The molecule has 0 aliphatic carbocycles. The van der Waals surface area contributed by atoms with Crippen LogP contribution in [-0.4, -0.2) is 16.1 Å². The van der Waals surface area contributed by atoms with Gasteiger partial charge in [-0.05, 0) is 17.5 Å². The Morgan fingerprint density at radius 2 is 1.89 bits per heavy atom. The number of hydrogen-bond acceptors (Lipinski definition) is 4. The number of nitrogens with one attached hydrogen (secondary N) is 1. The van der Waals surface area contributed by atoms with Gasteiger partial charge in [0.25, 0.3) is 5.56 Å². The average Bonchev–Trinajstić information content (AvgIpc) is 2.74. The van der Waals surface area contributed by atoms with Crippen LogP contribution in [0.1, 0.15) is 18.4 Å². The minimum absolute atomic E-state index is 0.161. The van der Waals surface area contributed by atoms with E-state index in [9.17, 15) is 4.79 Å². The maximum Gasteiger partial charge on any atom is 0.255 e. The van der Waals surface area contributed by atoms with E-state index in [1.807, 2.05) is 30.3 Å². The monoisotopic (exact) mass is 369 g/mol. The van der Waals surface area contributed by atoms with Gasteiger partial charge in [-0.25, -0.2) is 9.83 Å². The highest BCUT2D eigenvalue weighted by atomic mass is 16.1. The van der Waals surface area contributed by atoms with Crippen LogP contribution in [0.15, 0.2) is 65.5 Å². The quantitative estimate of drug-likeness (QED) is 0.500. The van der Waals surface area contributed by atoms with Gasteiger partial charge in [0.15, 0.2) is 5.69 Å². The van der Waals surface area contributed by atoms with E-state index in [0.29, 0.717) is 43.3 Å². The molecule has 1 N–H and O–H groups in total. The Labute approximate surface area is 163 Å². The zero-order chi connectivity index (χ0) is 19.8. The molecule has 0 atom stereocenters. The molecule has 3 aromatic rings. The van der Waals surface area contributed by atoms with Crippen molar-refractivity contribution in [3.63, 3.8) is 0 Å². The number of unbranched alkanes of at least 4 members (excludes halogenated alkanes) is 1. The molecule has 0 saturated heterocycles. The molecule has 1 heterocycles. The third kappa shape index (κ3) is 4.63. The van der Waals surface area contributed by atoms with Crippen LogP contribution in [-0.2, 0) is 6.54 Å². The zero-order valence-corrected chi connectivity index (χ0v) is 15.3. The van der Waals surface area contributed by atoms with E-state index in [0.717, 1.165) is 11.1 Å². The van der Waals surface area contributed by atoms with Crippen molar-refractivity contribution in [2.24, 2.45) is 0 Å². The molecule has 6 nitrogen and oxygen atoms in total. The maximum atomic E-state index is 12.8. The summed E-state index contributed by atoms with van der Waals surface area (Å²) in [4.78, 5) is 20.9. The number of nitriles is 1. The fraction of sp³-hybridized carbons (Fsp3) is 0.182. The Kier molecular flexibility index (Phi) is 6.17. The Hall–Kier alpha value is -3.90. The fourth-order valence-corrected chi connectivity index (χ4v) is 2.78. The molecule has 0 unspecified atom stereocenters. The van der Waals surface area contributed by atoms with Gasteiger partial charge in [-0.15, -0.1) is 0 Å². The summed E-state index contributed by atoms with van der Waals surface area (Å²) in [7, 11) is 0. The van der Waals surface area contributed by atoms with Crippen LogP contribution >= 0.6 is 0 Å². The Bertz CT molecular complexity index is 1070. The second kappa shape index (κ2) is 9.16. The lowest BCUT2D eigenvalue weighted by molar-refractivity contribution is 0.735. The molecule has 0 amide bonds. The van der Waals surface area contributed by atoms with Crippen molar-refractivity contribution in [1.82, 2.24) is 9.55 Å². The molecule has 0 fully saturated rings. The first-order chi connectivity index (χ1) is 13.7. The van der Waals surface area contributed by atoms with Crippen LogP contribution in [0.2, 0.25) is 0 Å². The lowest BCUT2D eigenvalue weighted by Crippen LogP contribution is -2.25. The van der Waals surface area contributed by atoms with Gasteiger partial charge in [0, 0.05) is 19.0 Å². The Morgan fingerprint density at radius 3 is 2.57 bits per heavy atom. The molecule has 0 saturated carbocycles. The minimum Gasteiger partial charge on any atom is -0.356 e. The predicted molar refractivity (Wildman–Crippen MR) is 109 cm³/mol. The second-order valence-corrected chi connectivity index (χ2v) is 6.22. The van der Waals surface area contributed by atoms with Crippen LogP contribution in [0.4, 0.5) is 11.6 Å². The van der Waals surface area contributed by atoms with E-state index in [-0.39, 0.29) is 5.56 Å². The van der Waals surface area contributed by atoms with E-state index in [4.69, 9.17) is 11.8 Å². The van der Waals surface area contributed by atoms with Gasteiger partial charge in [0.05, 0.1) is 24.9 Å². The third-order valence-corrected chi connectivity index (χ3v) is 4.23. The van der Waals surface area contributed by atoms with Gasteiger partial charge in [-0.3, -0.25) is 9.36 Å². The molecule has 0 aliphatic rings. The lowest BCUT2D eigenvalue weighted by atomic mass is 10.1. The van der Waals surface area contributed by atoms with Crippen LogP contribution < -0.4 is 10.9 Å². The molecule has 0 radical (unpaired) electrons. The highest BCUT2D eigenvalue weighted by molar-refractivity contribution is 5.63. The van der Waals surface area contributed by atoms with Crippen molar-refractivity contribution < 1.29 is 0 Å². The Balaban J connectivity index is 1.97. The molecule has 138 valence electrons. The molecular weight excluding hydrogens is 350 g/mol. The smallest absolute Gasteiger partial charge is 0.255 e. The molecule has 2 aromatic carbocycles. The van der Waals surface area contributed by atoms with Gasteiger partial charge in [0.2, 0.25) is 5.95 Å². The molecule has 6 heteroatoms. The minimum atomic E-state index is -0.161. The fourth-order valence-electron chi connectivity index (χ4n) is 2.78. The molecular formula is C22H19N5O. The summed E-state index contributed by atoms with van der Waals surface area (Å²) in [6, 6.07) is 20.3. The maximum absolute atomic E-state index is 12.8. The summed E-state index contributed by atoms with van der Waals surface area (Å²) in [5.74, 6) is 0.471. The SMILES string of the molecule is [C-]#[N+]c1ccc(-c2cc(=O)n(Cc3ccccc3)c(NCCCC#N)n2)cc1. The van der Waals surface area contributed by atoms with Gasteiger partial charge in [0.1, 0.15) is 0 Å². The highest BCUT2D eigenvalue weighted by Crippen LogP contribution is 2.21. The summed E-state index contributed by atoms with van der Waals surface area (Å²) in [6.07, 6.45) is 1.11. The van der Waals surface area contributed by atoms with Crippen LogP contribution in [0.25, 0.3) is 16.1 Å². The number of anilines is 1. The third-order valence-electron chi connectivity index (χ3n) is 4.23. The topological polar surface area (TPSA) is 75.1 Å². The van der Waals surface area contributed by atoms with Crippen LogP contribution in [0.5, 0.6) is 0 Å². The van der Waals surface area contributed by atoms with E-state index in [1.54, 1.807) is 28.8 Å². The first-order valence-electron chi connectivity index (χ1n) is 8.96. The lowest BCUT2D eigenvalue weighted by Gasteiger charge is -2.15. The number of benzene rings is 2. The molecule has 0 aliphatic heterocycles. The Morgan fingerprint density at radius 1 is 1.14 bits per heavy atom. The van der Waals surface area contributed by atoms with Crippen LogP contribution in [0, 0.1) is 17.9 Å². The molecule has 1 aromatic heterocycles. The van der Waals surface area contributed by atoms with E-state index in [2.05, 4.69) is 21.2 Å². The van der Waals surface area contributed by atoms with Gasteiger partial charge >= 0.3 is 0 Å². The average molecular weight is 369 g/mol. The van der Waals surface area contributed by atoms with Crippen molar-refractivity contribution in [1.29, 1.82) is 5.26 Å². The van der Waals surface area contributed by atoms with Gasteiger partial charge in [-0.2, -0.15) is 5.26 Å². The second-order valence-electron chi connectivity index (χ2n) is 6.22. The first-order valence-corrected chi connectivity index (χ1v) is 8.96. The van der Waals surface area contributed by atoms with Crippen molar-refractivity contribution in [2.75, 3.05) is 11.9 Å². The zero-order valence-electron chi connectivity index (χ0n) is 15.3. The van der Waals surface area contributed by atoms with E-state index in [1.165, 1.54) is 6.07 Å². The molecule has 28 heavy (non-hydrogen) atoms. The standard InChI is InChI=1S/C22H19N5O/c1-24-19-11-9-18(10-12-19)20-15-21(28)27(16-17-7-3-2-4-8-17)22(26-20)25-14-6-5-13-23/h2-4,7-12,15H,5-6,14,16H2,(H,25,26). The van der Waals surface area contributed by atoms with Crippen molar-refractivity contribution >= 4 is 11.6 Å².